The van der Waals surface area contributed by atoms with Crippen molar-refractivity contribution in [3.8, 4) is 44.9 Å². The lowest BCUT2D eigenvalue weighted by Crippen LogP contribution is -1.95. The minimum absolute atomic E-state index is 0.716. The summed E-state index contributed by atoms with van der Waals surface area (Å²) in [6.45, 7) is 0. The number of pyridine rings is 2. The molecule has 0 fully saturated rings. The Labute approximate surface area is 197 Å². The Balaban J connectivity index is 1.42. The first-order valence-electron chi connectivity index (χ1n) is 11.1. The number of hydrogen-bond donors (Lipinski definition) is 0. The number of benzene rings is 3. The smallest absolute Gasteiger partial charge is 0.160 e. The maximum absolute atomic E-state index is 5.02. The highest BCUT2D eigenvalue weighted by Crippen LogP contribution is 2.31. The van der Waals surface area contributed by atoms with E-state index in [2.05, 4.69) is 64.6 Å². The topological polar surface area (TPSA) is 51.6 Å². The van der Waals surface area contributed by atoms with E-state index in [4.69, 9.17) is 9.97 Å². The average Bonchev–Trinajstić information content (AvgIpc) is 2.94. The molecule has 160 valence electrons. The summed E-state index contributed by atoms with van der Waals surface area (Å²) in [5.41, 5.74) is 8.47. The molecule has 4 nitrogen and oxygen atoms in total. The Morgan fingerprint density at radius 3 is 1.44 bits per heavy atom. The first-order chi connectivity index (χ1) is 16.8. The first-order valence-corrected chi connectivity index (χ1v) is 11.1. The van der Waals surface area contributed by atoms with Gasteiger partial charge in [-0.2, -0.15) is 0 Å². The number of fused-ring (bicyclic) bond motifs is 1. The number of aromatic nitrogens is 4. The van der Waals surface area contributed by atoms with Crippen molar-refractivity contribution in [2.24, 2.45) is 0 Å². The maximum atomic E-state index is 5.02. The summed E-state index contributed by atoms with van der Waals surface area (Å²) in [5, 5.41) is 1.04. The van der Waals surface area contributed by atoms with Crippen molar-refractivity contribution in [1.82, 2.24) is 19.9 Å². The molecule has 0 aliphatic rings. The zero-order valence-corrected chi connectivity index (χ0v) is 18.3. The van der Waals surface area contributed by atoms with Crippen LogP contribution in [0.4, 0.5) is 0 Å². The molecule has 0 spiro atoms. The molecule has 0 saturated carbocycles. The predicted octanol–water partition coefficient (Wildman–Crippen LogP) is 7.09. The van der Waals surface area contributed by atoms with Crippen molar-refractivity contribution >= 4 is 10.9 Å². The third kappa shape index (κ3) is 3.82. The fourth-order valence-corrected chi connectivity index (χ4v) is 4.15. The van der Waals surface area contributed by atoms with Gasteiger partial charge in [-0.15, -0.1) is 0 Å². The van der Waals surface area contributed by atoms with Crippen LogP contribution < -0.4 is 0 Å². The lowest BCUT2D eigenvalue weighted by molar-refractivity contribution is 1.23. The zero-order chi connectivity index (χ0) is 22.7. The van der Waals surface area contributed by atoms with Crippen LogP contribution in [0.1, 0.15) is 0 Å². The normalized spacial score (nSPS) is 10.9. The van der Waals surface area contributed by atoms with Crippen molar-refractivity contribution in [3.63, 3.8) is 0 Å². The summed E-state index contributed by atoms with van der Waals surface area (Å²) in [5.74, 6) is 0.716. The fourth-order valence-electron chi connectivity index (χ4n) is 4.15. The molecule has 0 amide bonds. The van der Waals surface area contributed by atoms with Gasteiger partial charge in [0.2, 0.25) is 0 Å². The Kier molecular flexibility index (Phi) is 5.09. The Bertz CT molecular complexity index is 1560. The second-order valence-corrected chi connectivity index (χ2v) is 8.04. The third-order valence-electron chi connectivity index (χ3n) is 5.93. The van der Waals surface area contributed by atoms with Crippen molar-refractivity contribution in [2.45, 2.75) is 0 Å². The fraction of sp³-hybridized carbons (Fsp3) is 0. The standard InChI is InChI=1S/C30H20N4/c1-2-4-28-27(3-1)29(25-9-5-21(6-10-25)23-13-17-31-18-14-23)34-30(33-28)26-11-7-22(8-12-26)24-15-19-32-20-16-24/h1-20H. The largest absolute Gasteiger partial charge is 0.265 e. The SMILES string of the molecule is c1ccc2c(-c3ccc(-c4ccncc4)cc3)nc(-c3ccc(-c4ccncc4)cc3)nc2c1. The molecular formula is C30H20N4. The van der Waals surface area contributed by atoms with E-state index in [-0.39, 0.29) is 0 Å². The molecule has 0 N–H and O–H groups in total. The van der Waals surface area contributed by atoms with Gasteiger partial charge in [-0.1, -0.05) is 66.7 Å². The molecule has 3 heterocycles. The Hall–Kier alpha value is -4.70. The van der Waals surface area contributed by atoms with E-state index in [1.807, 2.05) is 67.3 Å². The number of para-hydroxylation sites is 1. The molecule has 34 heavy (non-hydrogen) atoms. The van der Waals surface area contributed by atoms with Crippen molar-refractivity contribution < 1.29 is 0 Å². The second kappa shape index (κ2) is 8.68. The van der Waals surface area contributed by atoms with Gasteiger partial charge in [0.15, 0.2) is 5.82 Å². The first kappa shape index (κ1) is 19.9. The average molecular weight is 437 g/mol. The molecule has 0 bridgehead atoms. The number of rotatable bonds is 4. The number of hydrogen-bond acceptors (Lipinski definition) is 4. The van der Waals surface area contributed by atoms with E-state index in [1.54, 1.807) is 0 Å². The summed E-state index contributed by atoms with van der Waals surface area (Å²) in [6, 6.07) is 33.1. The molecule has 3 aromatic heterocycles. The summed E-state index contributed by atoms with van der Waals surface area (Å²) in [7, 11) is 0. The van der Waals surface area contributed by atoms with Gasteiger partial charge >= 0.3 is 0 Å². The highest BCUT2D eigenvalue weighted by Gasteiger charge is 2.12. The van der Waals surface area contributed by atoms with Gasteiger partial charge in [0.05, 0.1) is 11.2 Å². The summed E-state index contributed by atoms with van der Waals surface area (Å²) in [6.07, 6.45) is 7.24. The minimum atomic E-state index is 0.716. The van der Waals surface area contributed by atoms with E-state index in [0.29, 0.717) is 5.82 Å². The molecule has 4 heteroatoms. The van der Waals surface area contributed by atoms with Gasteiger partial charge in [0.1, 0.15) is 0 Å². The van der Waals surface area contributed by atoms with Crippen LogP contribution in [0.3, 0.4) is 0 Å². The molecule has 6 rings (SSSR count). The Morgan fingerprint density at radius 1 is 0.382 bits per heavy atom. The van der Waals surface area contributed by atoms with Gasteiger partial charge in [-0.3, -0.25) is 9.97 Å². The predicted molar refractivity (Wildman–Crippen MR) is 137 cm³/mol. The molecule has 0 aliphatic carbocycles. The quantitative estimate of drug-likeness (QED) is 0.296. The van der Waals surface area contributed by atoms with Crippen molar-refractivity contribution in [2.75, 3.05) is 0 Å². The molecule has 0 saturated heterocycles. The van der Waals surface area contributed by atoms with Crippen LogP contribution in [0.15, 0.2) is 122 Å². The van der Waals surface area contributed by atoms with Crippen molar-refractivity contribution in [1.29, 1.82) is 0 Å². The highest BCUT2D eigenvalue weighted by atomic mass is 14.9. The van der Waals surface area contributed by atoms with Crippen LogP contribution in [0.2, 0.25) is 0 Å². The highest BCUT2D eigenvalue weighted by molar-refractivity contribution is 5.94. The molecule has 0 atom stereocenters. The summed E-state index contributed by atoms with van der Waals surface area (Å²) >= 11 is 0. The van der Waals surface area contributed by atoms with Crippen molar-refractivity contribution in [3.05, 3.63) is 122 Å². The zero-order valence-electron chi connectivity index (χ0n) is 18.3. The van der Waals surface area contributed by atoms with E-state index in [0.717, 1.165) is 50.0 Å². The van der Waals surface area contributed by atoms with Crippen LogP contribution in [0.5, 0.6) is 0 Å². The van der Waals surface area contributed by atoms with Crippen LogP contribution in [0.25, 0.3) is 55.8 Å². The molecule has 6 aromatic rings. The van der Waals surface area contributed by atoms with E-state index < -0.39 is 0 Å². The molecule has 0 aliphatic heterocycles. The summed E-state index contributed by atoms with van der Waals surface area (Å²) in [4.78, 5) is 18.1. The monoisotopic (exact) mass is 436 g/mol. The van der Waals surface area contributed by atoms with E-state index in [1.165, 1.54) is 0 Å². The van der Waals surface area contributed by atoms with Gasteiger partial charge in [0.25, 0.3) is 0 Å². The third-order valence-corrected chi connectivity index (χ3v) is 5.93. The molecule has 0 unspecified atom stereocenters. The van der Waals surface area contributed by atoms with Gasteiger partial charge < -0.3 is 0 Å². The maximum Gasteiger partial charge on any atom is 0.160 e. The van der Waals surface area contributed by atoms with E-state index in [9.17, 15) is 0 Å². The van der Waals surface area contributed by atoms with Gasteiger partial charge in [0, 0.05) is 41.3 Å². The second-order valence-electron chi connectivity index (χ2n) is 8.04. The lowest BCUT2D eigenvalue weighted by Gasteiger charge is -2.11. The summed E-state index contributed by atoms with van der Waals surface area (Å²) < 4.78 is 0. The van der Waals surface area contributed by atoms with Gasteiger partial charge in [-0.25, -0.2) is 9.97 Å². The van der Waals surface area contributed by atoms with Crippen LogP contribution in [0, 0.1) is 0 Å². The molecule has 0 radical (unpaired) electrons. The molecular weight excluding hydrogens is 416 g/mol. The van der Waals surface area contributed by atoms with Crippen LogP contribution >= 0.6 is 0 Å². The van der Waals surface area contributed by atoms with Gasteiger partial charge in [-0.05, 0) is 52.6 Å². The van der Waals surface area contributed by atoms with Crippen LogP contribution in [-0.4, -0.2) is 19.9 Å². The minimum Gasteiger partial charge on any atom is -0.265 e. The lowest BCUT2D eigenvalue weighted by atomic mass is 10.0. The Morgan fingerprint density at radius 2 is 0.853 bits per heavy atom. The van der Waals surface area contributed by atoms with Crippen LogP contribution in [-0.2, 0) is 0 Å². The number of nitrogens with zero attached hydrogens (tertiary/aromatic N) is 4. The van der Waals surface area contributed by atoms with E-state index >= 15 is 0 Å². The molecule has 3 aromatic carbocycles.